The van der Waals surface area contributed by atoms with Crippen LogP contribution >= 0.6 is 0 Å². The average molecular weight is 366 g/mol. The fourth-order valence-corrected chi connectivity index (χ4v) is 4.29. The number of ketones is 2. The Kier molecular flexibility index (Phi) is 6.00. The van der Waals surface area contributed by atoms with Crippen molar-refractivity contribution >= 4 is 21.4 Å². The van der Waals surface area contributed by atoms with Gasteiger partial charge < -0.3 is 9.47 Å². The number of unbranched alkanes of at least 4 members (excludes halogenated alkanes) is 3. The van der Waals surface area contributed by atoms with Crippen molar-refractivity contribution in [1.82, 2.24) is 0 Å². The Morgan fingerprint density at radius 2 is 1.52 bits per heavy atom. The zero-order valence-electron chi connectivity index (χ0n) is 14.6. The molecule has 0 saturated heterocycles. The Bertz CT molecular complexity index is 820. The molecule has 0 aliphatic heterocycles. The van der Waals surface area contributed by atoms with E-state index in [0.29, 0.717) is 6.42 Å². The fraction of sp³-hybridized carbons (Fsp3) is 0.444. The lowest BCUT2D eigenvalue weighted by Gasteiger charge is -2.19. The molecule has 0 N–H and O–H groups in total. The highest BCUT2D eigenvalue weighted by Crippen LogP contribution is 2.37. The van der Waals surface area contributed by atoms with Crippen molar-refractivity contribution in [2.45, 2.75) is 32.6 Å². The van der Waals surface area contributed by atoms with Gasteiger partial charge in [-0.15, -0.1) is 0 Å². The molecule has 0 unspecified atom stereocenters. The molecule has 0 aromatic heterocycles. The summed E-state index contributed by atoms with van der Waals surface area (Å²) in [6.07, 6.45) is 4.03. The van der Waals surface area contributed by atoms with Gasteiger partial charge in [0.15, 0.2) is 15.6 Å². The molecule has 0 saturated carbocycles. The van der Waals surface area contributed by atoms with Crippen molar-refractivity contribution in [3.63, 3.8) is 0 Å². The Morgan fingerprint density at radius 3 is 2.08 bits per heavy atom. The normalized spacial score (nSPS) is 14.1. The van der Waals surface area contributed by atoms with Gasteiger partial charge in [0.2, 0.25) is 5.78 Å². The molecule has 2 rings (SSSR count). The molecule has 0 spiro atoms. The van der Waals surface area contributed by atoms with Gasteiger partial charge in [-0.1, -0.05) is 26.2 Å². The SMILES string of the molecule is CCCCCCS(=O)(=O)C1=CC(=O)c2c(OC)ccc(OC)c2C1=O. The van der Waals surface area contributed by atoms with Gasteiger partial charge in [0.25, 0.3) is 0 Å². The van der Waals surface area contributed by atoms with Crippen LogP contribution in [0.3, 0.4) is 0 Å². The Hall–Kier alpha value is -2.15. The van der Waals surface area contributed by atoms with E-state index in [9.17, 15) is 18.0 Å². The second-order valence-corrected chi connectivity index (χ2v) is 7.88. The zero-order valence-corrected chi connectivity index (χ0v) is 15.4. The number of hydrogen-bond acceptors (Lipinski definition) is 6. The molecular weight excluding hydrogens is 344 g/mol. The van der Waals surface area contributed by atoms with Gasteiger partial charge in [0.05, 0.1) is 31.1 Å². The number of sulfone groups is 1. The third-order valence-corrected chi connectivity index (χ3v) is 5.93. The molecule has 1 aromatic rings. The number of hydrogen-bond donors (Lipinski definition) is 0. The van der Waals surface area contributed by atoms with Gasteiger partial charge in [0.1, 0.15) is 16.4 Å². The highest BCUT2D eigenvalue weighted by atomic mass is 32.2. The van der Waals surface area contributed by atoms with Gasteiger partial charge >= 0.3 is 0 Å². The molecule has 1 aromatic carbocycles. The first-order valence-corrected chi connectivity index (χ1v) is 9.81. The summed E-state index contributed by atoms with van der Waals surface area (Å²) in [6.45, 7) is 2.02. The lowest BCUT2D eigenvalue weighted by atomic mass is 9.93. The second kappa shape index (κ2) is 7.82. The van der Waals surface area contributed by atoms with Crippen LogP contribution in [0.1, 0.15) is 53.3 Å². The lowest BCUT2D eigenvalue weighted by molar-refractivity contribution is 0.0985. The molecule has 6 nitrogen and oxygen atoms in total. The molecule has 7 heteroatoms. The number of allylic oxidation sites excluding steroid dienone is 2. The molecule has 136 valence electrons. The summed E-state index contributed by atoms with van der Waals surface area (Å²) in [5, 5.41) is 0. The molecule has 0 radical (unpaired) electrons. The number of methoxy groups -OCH3 is 2. The van der Waals surface area contributed by atoms with E-state index in [2.05, 4.69) is 0 Å². The van der Waals surface area contributed by atoms with Gasteiger partial charge in [-0.05, 0) is 18.6 Å². The maximum Gasteiger partial charge on any atom is 0.209 e. The molecule has 25 heavy (non-hydrogen) atoms. The van der Waals surface area contributed by atoms with Crippen LogP contribution in [-0.4, -0.2) is 40.0 Å². The smallest absolute Gasteiger partial charge is 0.209 e. The van der Waals surface area contributed by atoms with Crippen molar-refractivity contribution in [1.29, 1.82) is 0 Å². The molecule has 0 heterocycles. The van der Waals surface area contributed by atoms with Crippen LogP contribution in [-0.2, 0) is 9.84 Å². The number of carbonyl (C=O) groups is 2. The van der Waals surface area contributed by atoms with E-state index >= 15 is 0 Å². The summed E-state index contributed by atoms with van der Waals surface area (Å²) in [5.74, 6) is -1.08. The van der Waals surface area contributed by atoms with Crippen LogP contribution in [0, 0.1) is 0 Å². The first-order chi connectivity index (χ1) is 11.9. The summed E-state index contributed by atoms with van der Waals surface area (Å²) < 4.78 is 35.4. The monoisotopic (exact) mass is 366 g/mol. The quantitative estimate of drug-likeness (QED) is 0.658. The third-order valence-electron chi connectivity index (χ3n) is 4.13. The van der Waals surface area contributed by atoms with Crippen molar-refractivity contribution in [3.05, 3.63) is 34.2 Å². The Labute approximate surface area is 147 Å². The minimum absolute atomic E-state index is 0.0387. The molecule has 0 atom stereocenters. The van der Waals surface area contributed by atoms with Crippen molar-refractivity contribution in [3.8, 4) is 11.5 Å². The van der Waals surface area contributed by atoms with Crippen LogP contribution in [0.5, 0.6) is 11.5 Å². The number of Topliss-reactive ketones (excluding diaryl/α,β-unsaturated/α-hetero) is 1. The Morgan fingerprint density at radius 1 is 0.920 bits per heavy atom. The minimum atomic E-state index is -3.84. The topological polar surface area (TPSA) is 86.7 Å². The average Bonchev–Trinajstić information content (AvgIpc) is 2.60. The predicted octanol–water partition coefficient (Wildman–Crippen LogP) is 2.96. The number of carbonyl (C=O) groups excluding carboxylic acids is 2. The number of ether oxygens (including phenoxy) is 2. The molecule has 0 fully saturated rings. The second-order valence-electron chi connectivity index (χ2n) is 5.80. The fourth-order valence-electron chi connectivity index (χ4n) is 2.81. The largest absolute Gasteiger partial charge is 0.496 e. The van der Waals surface area contributed by atoms with Crippen LogP contribution in [0.4, 0.5) is 0 Å². The first-order valence-electron chi connectivity index (χ1n) is 8.15. The van der Waals surface area contributed by atoms with E-state index < -0.39 is 26.3 Å². The highest BCUT2D eigenvalue weighted by Gasteiger charge is 2.37. The van der Waals surface area contributed by atoms with Crippen LogP contribution in [0.2, 0.25) is 0 Å². The van der Waals surface area contributed by atoms with E-state index in [4.69, 9.17) is 9.47 Å². The van der Waals surface area contributed by atoms with Gasteiger partial charge in [-0.3, -0.25) is 9.59 Å². The molecule has 0 bridgehead atoms. The minimum Gasteiger partial charge on any atom is -0.496 e. The maximum atomic E-state index is 12.8. The summed E-state index contributed by atoms with van der Waals surface area (Å²) >= 11 is 0. The van der Waals surface area contributed by atoms with E-state index in [1.54, 1.807) is 0 Å². The predicted molar refractivity (Wildman–Crippen MR) is 94.2 cm³/mol. The number of fused-ring (bicyclic) bond motifs is 1. The third kappa shape index (κ3) is 3.76. The highest BCUT2D eigenvalue weighted by molar-refractivity contribution is 7.96. The van der Waals surface area contributed by atoms with Crippen molar-refractivity contribution < 1.29 is 27.5 Å². The van der Waals surface area contributed by atoms with E-state index in [-0.39, 0.29) is 28.4 Å². The first kappa shape index (κ1) is 19.2. The van der Waals surface area contributed by atoms with Crippen LogP contribution < -0.4 is 9.47 Å². The van der Waals surface area contributed by atoms with Gasteiger partial charge in [-0.25, -0.2) is 8.42 Å². The van der Waals surface area contributed by atoms with Gasteiger partial charge in [0, 0.05) is 6.08 Å². The van der Waals surface area contributed by atoms with E-state index in [0.717, 1.165) is 25.3 Å². The number of rotatable bonds is 8. The standard InChI is InChI=1S/C18H22O6S/c1-4-5-6-7-10-25(21,22)15-11-12(19)16-13(23-2)8-9-14(24-3)17(16)18(15)20/h8-9,11H,4-7,10H2,1-3H3. The molecule has 1 aliphatic rings. The lowest BCUT2D eigenvalue weighted by Crippen LogP contribution is -2.25. The van der Waals surface area contributed by atoms with E-state index in [1.807, 2.05) is 6.92 Å². The van der Waals surface area contributed by atoms with Crippen LogP contribution in [0.15, 0.2) is 23.1 Å². The van der Waals surface area contributed by atoms with Crippen molar-refractivity contribution in [2.75, 3.05) is 20.0 Å². The van der Waals surface area contributed by atoms with E-state index in [1.165, 1.54) is 26.4 Å². The summed E-state index contributed by atoms with van der Waals surface area (Å²) in [5.41, 5.74) is -0.0155. The zero-order chi connectivity index (χ0) is 18.6. The maximum absolute atomic E-state index is 12.8. The van der Waals surface area contributed by atoms with Gasteiger partial charge in [-0.2, -0.15) is 0 Å². The molecule has 1 aliphatic carbocycles. The van der Waals surface area contributed by atoms with Crippen LogP contribution in [0.25, 0.3) is 0 Å². The summed E-state index contributed by atoms with van der Waals surface area (Å²) in [7, 11) is -1.10. The number of benzene rings is 1. The molecule has 0 amide bonds. The summed E-state index contributed by atoms with van der Waals surface area (Å²) in [6, 6.07) is 3.00. The Balaban J connectivity index is 2.45. The summed E-state index contributed by atoms with van der Waals surface area (Å²) in [4.78, 5) is 24.8. The van der Waals surface area contributed by atoms with Crippen molar-refractivity contribution in [2.24, 2.45) is 0 Å². The molecular formula is C18H22O6S.